The highest BCUT2D eigenvalue weighted by atomic mass is 16.1. The van der Waals surface area contributed by atoms with E-state index in [2.05, 4.69) is 16.9 Å². The third-order valence-electron chi connectivity index (χ3n) is 2.37. The third kappa shape index (κ3) is 2.42. The number of benzene rings is 1. The van der Waals surface area contributed by atoms with Crippen molar-refractivity contribution in [3.05, 3.63) is 59.2 Å². The largest absolute Gasteiger partial charge is 0.353 e. The van der Waals surface area contributed by atoms with Gasteiger partial charge in [-0.1, -0.05) is 24.8 Å². The number of aromatic nitrogens is 2. The molecule has 2 rings (SSSR count). The van der Waals surface area contributed by atoms with Crippen LogP contribution in [0.1, 0.15) is 5.56 Å². The van der Waals surface area contributed by atoms with Gasteiger partial charge in [-0.2, -0.15) is 4.98 Å². The summed E-state index contributed by atoms with van der Waals surface area (Å²) >= 11 is 0. The van der Waals surface area contributed by atoms with E-state index in [0.29, 0.717) is 5.82 Å². The summed E-state index contributed by atoms with van der Waals surface area (Å²) in [6, 6.07) is 9.60. The summed E-state index contributed by atoms with van der Waals surface area (Å²) in [7, 11) is 0. The lowest BCUT2D eigenvalue weighted by Crippen LogP contribution is -2.20. The molecule has 0 unspecified atom stereocenters. The molecule has 0 amide bonds. The molecule has 86 valence electrons. The molecule has 0 radical (unpaired) electrons. The van der Waals surface area contributed by atoms with Gasteiger partial charge >= 0.3 is 5.69 Å². The SMILES string of the molecule is C=Cn1cc(C)c(Nc2ccccc2)nc1=O. The average molecular weight is 227 g/mol. The van der Waals surface area contributed by atoms with Crippen molar-refractivity contribution in [2.45, 2.75) is 6.92 Å². The van der Waals surface area contributed by atoms with Gasteiger partial charge in [0.25, 0.3) is 0 Å². The van der Waals surface area contributed by atoms with Crippen LogP contribution in [0.15, 0.2) is 47.9 Å². The molecule has 2 aromatic rings. The smallest absolute Gasteiger partial charge is 0.340 e. The van der Waals surface area contributed by atoms with Gasteiger partial charge in [0.15, 0.2) is 0 Å². The van der Waals surface area contributed by atoms with Crippen molar-refractivity contribution in [3.8, 4) is 0 Å². The Kier molecular flexibility index (Phi) is 3.05. The Labute approximate surface area is 99.3 Å². The Morgan fingerprint density at radius 3 is 2.71 bits per heavy atom. The molecule has 0 aliphatic carbocycles. The molecule has 17 heavy (non-hydrogen) atoms. The van der Waals surface area contributed by atoms with Gasteiger partial charge in [-0.15, -0.1) is 0 Å². The number of para-hydroxylation sites is 1. The summed E-state index contributed by atoms with van der Waals surface area (Å²) in [5.74, 6) is 0.569. The summed E-state index contributed by atoms with van der Waals surface area (Å²) in [5, 5.41) is 3.11. The molecule has 0 spiro atoms. The number of anilines is 2. The minimum absolute atomic E-state index is 0.343. The van der Waals surface area contributed by atoms with Gasteiger partial charge in [-0.25, -0.2) is 4.79 Å². The normalized spacial score (nSPS) is 9.94. The first kappa shape index (κ1) is 11.1. The van der Waals surface area contributed by atoms with E-state index in [1.54, 1.807) is 6.20 Å². The first-order chi connectivity index (χ1) is 8.20. The van der Waals surface area contributed by atoms with Crippen LogP contribution in [0.3, 0.4) is 0 Å². The molecular weight excluding hydrogens is 214 g/mol. The molecule has 0 aliphatic heterocycles. The Morgan fingerprint density at radius 1 is 1.35 bits per heavy atom. The summed E-state index contributed by atoms with van der Waals surface area (Å²) in [6.07, 6.45) is 3.14. The van der Waals surface area contributed by atoms with Crippen LogP contribution >= 0.6 is 0 Å². The van der Waals surface area contributed by atoms with E-state index in [1.807, 2.05) is 37.3 Å². The molecule has 0 saturated carbocycles. The van der Waals surface area contributed by atoms with Crippen molar-refractivity contribution in [2.75, 3.05) is 5.32 Å². The summed E-state index contributed by atoms with van der Waals surface area (Å²) < 4.78 is 1.35. The molecule has 4 nitrogen and oxygen atoms in total. The molecule has 1 aromatic heterocycles. The molecule has 1 aromatic carbocycles. The fraction of sp³-hybridized carbons (Fsp3) is 0.0769. The second-order valence-corrected chi connectivity index (χ2v) is 3.64. The number of aryl methyl sites for hydroxylation is 1. The van der Waals surface area contributed by atoms with Crippen molar-refractivity contribution < 1.29 is 0 Å². The fourth-order valence-corrected chi connectivity index (χ4v) is 1.48. The van der Waals surface area contributed by atoms with Crippen LogP contribution in [0.2, 0.25) is 0 Å². The Balaban J connectivity index is 2.37. The maximum absolute atomic E-state index is 11.6. The zero-order chi connectivity index (χ0) is 12.3. The van der Waals surface area contributed by atoms with Gasteiger partial charge in [0, 0.05) is 23.6 Å². The first-order valence-electron chi connectivity index (χ1n) is 5.25. The van der Waals surface area contributed by atoms with E-state index in [1.165, 1.54) is 10.8 Å². The first-order valence-corrected chi connectivity index (χ1v) is 5.25. The quantitative estimate of drug-likeness (QED) is 0.875. The molecule has 1 heterocycles. The Bertz CT molecular complexity index is 587. The van der Waals surface area contributed by atoms with Crippen LogP contribution < -0.4 is 11.0 Å². The third-order valence-corrected chi connectivity index (χ3v) is 2.37. The molecule has 4 heteroatoms. The summed E-state index contributed by atoms with van der Waals surface area (Å²) in [5.41, 5.74) is 1.44. The van der Waals surface area contributed by atoms with E-state index in [0.717, 1.165) is 11.3 Å². The minimum Gasteiger partial charge on any atom is -0.340 e. The average Bonchev–Trinajstić information content (AvgIpc) is 2.34. The van der Waals surface area contributed by atoms with E-state index >= 15 is 0 Å². The monoisotopic (exact) mass is 227 g/mol. The molecule has 0 atom stereocenters. The fourth-order valence-electron chi connectivity index (χ4n) is 1.48. The lowest BCUT2D eigenvalue weighted by molar-refractivity contribution is 0.950. The minimum atomic E-state index is -0.343. The number of hydrogen-bond donors (Lipinski definition) is 1. The maximum atomic E-state index is 11.6. The van der Waals surface area contributed by atoms with Crippen molar-refractivity contribution in [2.24, 2.45) is 0 Å². The molecular formula is C13H13N3O. The van der Waals surface area contributed by atoms with Gasteiger partial charge in [0.1, 0.15) is 5.82 Å². The zero-order valence-electron chi connectivity index (χ0n) is 9.55. The Hall–Kier alpha value is -2.36. The van der Waals surface area contributed by atoms with Crippen LogP contribution in [-0.2, 0) is 0 Å². The van der Waals surface area contributed by atoms with Gasteiger partial charge in [-0.3, -0.25) is 4.57 Å². The van der Waals surface area contributed by atoms with Crippen LogP contribution in [0.25, 0.3) is 6.20 Å². The van der Waals surface area contributed by atoms with Crippen molar-refractivity contribution in [1.82, 2.24) is 9.55 Å². The van der Waals surface area contributed by atoms with Crippen LogP contribution in [0.5, 0.6) is 0 Å². The lowest BCUT2D eigenvalue weighted by atomic mass is 10.3. The second-order valence-electron chi connectivity index (χ2n) is 3.64. The predicted molar refractivity (Wildman–Crippen MR) is 69.3 cm³/mol. The highest BCUT2D eigenvalue weighted by molar-refractivity contribution is 5.58. The highest BCUT2D eigenvalue weighted by Crippen LogP contribution is 2.15. The van der Waals surface area contributed by atoms with Crippen LogP contribution in [-0.4, -0.2) is 9.55 Å². The van der Waals surface area contributed by atoms with E-state index in [9.17, 15) is 4.79 Å². The molecule has 1 N–H and O–H groups in total. The van der Waals surface area contributed by atoms with Crippen molar-refractivity contribution >= 4 is 17.7 Å². The van der Waals surface area contributed by atoms with E-state index in [-0.39, 0.29) is 5.69 Å². The van der Waals surface area contributed by atoms with Gasteiger partial charge in [-0.05, 0) is 19.1 Å². The molecule has 0 fully saturated rings. The number of nitrogens with one attached hydrogen (secondary N) is 1. The van der Waals surface area contributed by atoms with Crippen LogP contribution in [0, 0.1) is 6.92 Å². The number of nitrogens with zero attached hydrogens (tertiary/aromatic N) is 2. The second kappa shape index (κ2) is 4.65. The molecule has 0 bridgehead atoms. The predicted octanol–water partition coefficient (Wildman–Crippen LogP) is 2.40. The van der Waals surface area contributed by atoms with Crippen LogP contribution in [0.4, 0.5) is 11.5 Å². The number of rotatable bonds is 3. The highest BCUT2D eigenvalue weighted by Gasteiger charge is 2.03. The van der Waals surface area contributed by atoms with Crippen molar-refractivity contribution in [3.63, 3.8) is 0 Å². The standard InChI is InChI=1S/C13H13N3O/c1-3-16-9-10(2)12(15-13(16)17)14-11-7-5-4-6-8-11/h3-9H,1H2,2H3,(H,14,15,17). The van der Waals surface area contributed by atoms with E-state index in [4.69, 9.17) is 0 Å². The Morgan fingerprint density at radius 2 is 2.06 bits per heavy atom. The maximum Gasteiger partial charge on any atom is 0.353 e. The van der Waals surface area contributed by atoms with Gasteiger partial charge < -0.3 is 5.32 Å². The molecule has 0 saturated heterocycles. The molecule has 0 aliphatic rings. The summed E-state index contributed by atoms with van der Waals surface area (Å²) in [6.45, 7) is 5.44. The van der Waals surface area contributed by atoms with Gasteiger partial charge in [0.05, 0.1) is 0 Å². The van der Waals surface area contributed by atoms with E-state index < -0.39 is 0 Å². The number of hydrogen-bond acceptors (Lipinski definition) is 3. The lowest BCUT2D eigenvalue weighted by Gasteiger charge is -2.08. The zero-order valence-corrected chi connectivity index (χ0v) is 9.55. The van der Waals surface area contributed by atoms with Gasteiger partial charge in [0.2, 0.25) is 0 Å². The topological polar surface area (TPSA) is 46.9 Å². The van der Waals surface area contributed by atoms with Crippen molar-refractivity contribution in [1.29, 1.82) is 0 Å². The summed E-state index contributed by atoms with van der Waals surface area (Å²) in [4.78, 5) is 15.5.